The summed E-state index contributed by atoms with van der Waals surface area (Å²) in [6.07, 6.45) is 1.65. The molecule has 3 rings (SSSR count). The third-order valence-electron chi connectivity index (χ3n) is 3.97. The monoisotopic (exact) mass is 431 g/mol. The average molecular weight is 432 g/mol. The van der Waals surface area contributed by atoms with Crippen molar-refractivity contribution in [3.05, 3.63) is 83.1 Å². The Morgan fingerprint density at radius 2 is 1.86 bits per heavy atom. The lowest BCUT2D eigenvalue weighted by Gasteiger charge is -2.15. The van der Waals surface area contributed by atoms with Crippen LogP contribution in [-0.4, -0.2) is 26.5 Å². The third-order valence-corrected chi connectivity index (χ3v) is 5.65. The van der Waals surface area contributed by atoms with Crippen molar-refractivity contribution in [1.29, 1.82) is 0 Å². The lowest BCUT2D eigenvalue weighted by Crippen LogP contribution is -2.17. The second kappa shape index (κ2) is 8.93. The van der Waals surface area contributed by atoms with Crippen LogP contribution in [0.25, 0.3) is 0 Å². The molecule has 0 saturated heterocycles. The number of rotatable bonds is 7. The van der Waals surface area contributed by atoms with Gasteiger partial charge in [-0.2, -0.15) is 0 Å². The predicted octanol–water partition coefficient (Wildman–Crippen LogP) is 3.93. The minimum absolute atomic E-state index is 0.0914. The minimum Gasteiger partial charge on any atom is -0.465 e. The highest BCUT2D eigenvalue weighted by Crippen LogP contribution is 2.26. The molecule has 2 N–H and O–H groups in total. The summed E-state index contributed by atoms with van der Waals surface area (Å²) < 4.78 is 33.3. The second-order valence-electron chi connectivity index (χ2n) is 5.99. The summed E-state index contributed by atoms with van der Waals surface area (Å²) in [4.78, 5) is 16.0. The zero-order valence-electron chi connectivity index (χ0n) is 15.4. The van der Waals surface area contributed by atoms with Gasteiger partial charge in [0.25, 0.3) is 10.0 Å². The molecule has 3 aromatic rings. The van der Waals surface area contributed by atoms with Crippen molar-refractivity contribution in [1.82, 2.24) is 4.98 Å². The van der Waals surface area contributed by atoms with Crippen LogP contribution in [-0.2, 0) is 21.3 Å². The van der Waals surface area contributed by atoms with Crippen molar-refractivity contribution in [3.63, 3.8) is 0 Å². The standard InChI is InChI=1S/C20H18ClN3O4S/c1-28-20(25)14-5-10-18(23-13-17-4-2-3-11-22-17)19(12-14)29(26,27)24-16-8-6-15(21)7-9-16/h2-12,23-24H,13H2,1H3. The van der Waals surface area contributed by atoms with Gasteiger partial charge in [0.15, 0.2) is 0 Å². The number of nitrogens with zero attached hydrogens (tertiary/aromatic N) is 1. The number of halogens is 1. The molecule has 0 spiro atoms. The van der Waals surface area contributed by atoms with Crippen LogP contribution in [0.5, 0.6) is 0 Å². The van der Waals surface area contributed by atoms with Gasteiger partial charge in [-0.05, 0) is 54.6 Å². The molecular formula is C20H18ClN3O4S. The Balaban J connectivity index is 1.95. The van der Waals surface area contributed by atoms with Gasteiger partial charge < -0.3 is 10.1 Å². The Bertz CT molecular complexity index is 1100. The van der Waals surface area contributed by atoms with Gasteiger partial charge in [-0.15, -0.1) is 0 Å². The summed E-state index contributed by atoms with van der Waals surface area (Å²) in [6, 6.07) is 16.0. The molecule has 2 aromatic carbocycles. The van der Waals surface area contributed by atoms with Gasteiger partial charge >= 0.3 is 5.97 Å². The van der Waals surface area contributed by atoms with Crippen LogP contribution in [0.2, 0.25) is 5.02 Å². The fraction of sp³-hybridized carbons (Fsp3) is 0.100. The predicted molar refractivity (Wildman–Crippen MR) is 112 cm³/mol. The molecule has 0 unspecified atom stereocenters. The first kappa shape index (κ1) is 20.6. The van der Waals surface area contributed by atoms with Gasteiger partial charge in [0.2, 0.25) is 0 Å². The van der Waals surface area contributed by atoms with E-state index in [-0.39, 0.29) is 10.5 Å². The van der Waals surface area contributed by atoms with E-state index in [0.717, 1.165) is 5.69 Å². The van der Waals surface area contributed by atoms with E-state index >= 15 is 0 Å². The highest BCUT2D eigenvalue weighted by Gasteiger charge is 2.21. The molecule has 1 aromatic heterocycles. The van der Waals surface area contributed by atoms with Crippen molar-refractivity contribution >= 4 is 39.0 Å². The smallest absolute Gasteiger partial charge is 0.337 e. The van der Waals surface area contributed by atoms with E-state index in [1.165, 1.54) is 25.3 Å². The SMILES string of the molecule is COC(=O)c1ccc(NCc2ccccn2)c(S(=O)(=O)Nc2ccc(Cl)cc2)c1. The van der Waals surface area contributed by atoms with E-state index in [1.54, 1.807) is 36.5 Å². The zero-order chi connectivity index (χ0) is 20.9. The third kappa shape index (κ3) is 5.24. The molecule has 0 atom stereocenters. The Labute approximate surface area is 173 Å². The van der Waals surface area contributed by atoms with E-state index in [2.05, 4.69) is 15.0 Å². The molecule has 0 aliphatic rings. The molecule has 9 heteroatoms. The molecule has 7 nitrogen and oxygen atoms in total. The average Bonchev–Trinajstić information content (AvgIpc) is 2.74. The number of sulfonamides is 1. The maximum absolute atomic E-state index is 13.0. The molecule has 150 valence electrons. The van der Waals surface area contributed by atoms with Gasteiger partial charge in [-0.1, -0.05) is 17.7 Å². The molecule has 1 heterocycles. The van der Waals surface area contributed by atoms with Crippen LogP contribution in [0.3, 0.4) is 0 Å². The van der Waals surface area contributed by atoms with Crippen molar-refractivity contribution in [2.24, 2.45) is 0 Å². The van der Waals surface area contributed by atoms with E-state index in [4.69, 9.17) is 16.3 Å². The maximum atomic E-state index is 13.0. The van der Waals surface area contributed by atoms with Crippen LogP contribution in [0, 0.1) is 0 Å². The Morgan fingerprint density at radius 3 is 2.52 bits per heavy atom. The number of hydrogen-bond acceptors (Lipinski definition) is 6. The molecule has 0 fully saturated rings. The van der Waals surface area contributed by atoms with E-state index in [1.807, 2.05) is 12.1 Å². The number of methoxy groups -OCH3 is 1. The Morgan fingerprint density at radius 1 is 1.10 bits per heavy atom. The van der Waals surface area contributed by atoms with Gasteiger partial charge in [0.1, 0.15) is 4.90 Å². The molecular weight excluding hydrogens is 414 g/mol. The number of anilines is 2. The quantitative estimate of drug-likeness (QED) is 0.550. The molecule has 0 bridgehead atoms. The topological polar surface area (TPSA) is 97.4 Å². The van der Waals surface area contributed by atoms with Crippen LogP contribution in [0.15, 0.2) is 71.8 Å². The van der Waals surface area contributed by atoms with Crippen molar-refractivity contribution < 1.29 is 17.9 Å². The highest BCUT2D eigenvalue weighted by atomic mass is 35.5. The van der Waals surface area contributed by atoms with Crippen molar-refractivity contribution in [2.45, 2.75) is 11.4 Å². The Hall–Kier alpha value is -3.10. The zero-order valence-corrected chi connectivity index (χ0v) is 17.0. The van der Waals surface area contributed by atoms with E-state index < -0.39 is 16.0 Å². The number of carbonyl (C=O) groups is 1. The van der Waals surface area contributed by atoms with Crippen LogP contribution >= 0.6 is 11.6 Å². The summed E-state index contributed by atoms with van der Waals surface area (Å²) in [5.74, 6) is -0.635. The van der Waals surface area contributed by atoms with Gasteiger partial charge in [-0.3, -0.25) is 9.71 Å². The Kier molecular flexibility index (Phi) is 6.36. The number of carbonyl (C=O) groups excluding carboxylic acids is 1. The maximum Gasteiger partial charge on any atom is 0.337 e. The first-order chi connectivity index (χ1) is 13.9. The number of aromatic nitrogens is 1. The molecule has 0 aliphatic heterocycles. The molecule has 0 saturated carbocycles. The second-order valence-corrected chi connectivity index (χ2v) is 8.08. The summed E-state index contributed by atoms with van der Waals surface area (Å²) in [5, 5.41) is 3.54. The van der Waals surface area contributed by atoms with E-state index in [0.29, 0.717) is 22.9 Å². The number of hydrogen-bond donors (Lipinski definition) is 2. The number of benzene rings is 2. The van der Waals surface area contributed by atoms with Gasteiger partial charge in [0.05, 0.1) is 30.6 Å². The lowest BCUT2D eigenvalue weighted by molar-refractivity contribution is 0.0600. The number of ether oxygens (including phenoxy) is 1. The first-order valence-corrected chi connectivity index (χ1v) is 10.4. The highest BCUT2D eigenvalue weighted by molar-refractivity contribution is 7.92. The van der Waals surface area contributed by atoms with Crippen LogP contribution in [0.4, 0.5) is 11.4 Å². The number of esters is 1. The van der Waals surface area contributed by atoms with Crippen LogP contribution in [0.1, 0.15) is 16.1 Å². The summed E-state index contributed by atoms with van der Waals surface area (Å²) in [7, 11) is -2.78. The largest absolute Gasteiger partial charge is 0.465 e. The lowest BCUT2D eigenvalue weighted by atomic mass is 10.2. The van der Waals surface area contributed by atoms with Crippen LogP contribution < -0.4 is 10.0 Å². The van der Waals surface area contributed by atoms with Crippen molar-refractivity contribution in [3.8, 4) is 0 Å². The fourth-order valence-corrected chi connectivity index (χ4v) is 3.95. The molecule has 0 amide bonds. The normalized spacial score (nSPS) is 11.0. The minimum atomic E-state index is -4.01. The molecule has 0 radical (unpaired) electrons. The van der Waals surface area contributed by atoms with Gasteiger partial charge in [-0.25, -0.2) is 13.2 Å². The number of nitrogens with one attached hydrogen (secondary N) is 2. The fourth-order valence-electron chi connectivity index (χ4n) is 2.55. The summed E-state index contributed by atoms with van der Waals surface area (Å²) >= 11 is 5.85. The van der Waals surface area contributed by atoms with Crippen molar-refractivity contribution in [2.75, 3.05) is 17.1 Å². The number of pyridine rings is 1. The summed E-state index contributed by atoms with van der Waals surface area (Å²) in [6.45, 7) is 0.307. The van der Waals surface area contributed by atoms with Gasteiger partial charge in [0, 0.05) is 16.9 Å². The van der Waals surface area contributed by atoms with E-state index in [9.17, 15) is 13.2 Å². The summed E-state index contributed by atoms with van der Waals surface area (Å²) in [5.41, 5.74) is 1.52. The molecule has 0 aliphatic carbocycles. The first-order valence-electron chi connectivity index (χ1n) is 8.53. The molecule has 29 heavy (non-hydrogen) atoms.